The minimum absolute atomic E-state index is 0.0838. The molecule has 0 heterocycles. The molecule has 180 valence electrons. The fourth-order valence-electron chi connectivity index (χ4n) is 5.23. The standard InChI is InChI=1S/C30H32F4/c1-3-4-20-6-12-22(13-7-20)25-17-18-26(30(34)29(25)33)23-14-8-21(9-15-23)10-16-24-11-5-19(2)27(31)28(24)32/h8-11,14-20,22H,3-7,12-13H2,1-2H3/b16-10+. The summed E-state index contributed by atoms with van der Waals surface area (Å²) in [5, 5.41) is 0. The van der Waals surface area contributed by atoms with Crippen LogP contribution in [0.3, 0.4) is 0 Å². The quantitative estimate of drug-likeness (QED) is 0.370. The number of rotatable bonds is 6. The molecular formula is C30H32F4. The first-order valence-electron chi connectivity index (χ1n) is 12.4. The van der Waals surface area contributed by atoms with Crippen molar-refractivity contribution in [2.45, 2.75) is 64.7 Å². The summed E-state index contributed by atoms with van der Waals surface area (Å²) in [6.07, 6.45) is 11.7. The second-order valence-corrected chi connectivity index (χ2v) is 9.75. The Morgan fingerprint density at radius 3 is 2.24 bits per heavy atom. The van der Waals surface area contributed by atoms with Gasteiger partial charge in [0, 0.05) is 17.1 Å². The van der Waals surface area contributed by atoms with Crippen molar-refractivity contribution in [3.63, 3.8) is 0 Å². The molecule has 1 atom stereocenters. The monoisotopic (exact) mass is 468 g/mol. The molecule has 2 aliphatic carbocycles. The minimum atomic E-state index is -0.817. The molecule has 0 N–H and O–H groups in total. The highest BCUT2D eigenvalue weighted by Gasteiger charge is 2.26. The zero-order chi connectivity index (χ0) is 24.2. The van der Waals surface area contributed by atoms with Crippen LogP contribution in [0, 0.1) is 23.5 Å². The van der Waals surface area contributed by atoms with Gasteiger partial charge in [-0.05, 0) is 60.6 Å². The van der Waals surface area contributed by atoms with Crippen molar-refractivity contribution in [1.82, 2.24) is 0 Å². The highest BCUT2D eigenvalue weighted by Crippen LogP contribution is 2.40. The van der Waals surface area contributed by atoms with Crippen LogP contribution in [0.5, 0.6) is 0 Å². The molecule has 34 heavy (non-hydrogen) atoms. The SMILES string of the molecule is CCCC1CCC(c2ccc(-c3ccc(/C=C/C4=CCC(C)C(F)=C4F)cc3)c(F)c2F)CC1. The van der Waals surface area contributed by atoms with E-state index in [0.717, 1.165) is 31.2 Å². The van der Waals surface area contributed by atoms with E-state index in [2.05, 4.69) is 6.92 Å². The number of hydrogen-bond donors (Lipinski definition) is 0. The predicted molar refractivity (Wildman–Crippen MR) is 132 cm³/mol. The van der Waals surface area contributed by atoms with Gasteiger partial charge in [0.2, 0.25) is 0 Å². The molecule has 0 radical (unpaired) electrons. The molecule has 1 unspecified atom stereocenters. The summed E-state index contributed by atoms with van der Waals surface area (Å²) in [6.45, 7) is 3.84. The molecule has 1 saturated carbocycles. The minimum Gasteiger partial charge on any atom is -0.208 e. The molecule has 4 heteroatoms. The summed E-state index contributed by atoms with van der Waals surface area (Å²) in [7, 11) is 0. The first-order chi connectivity index (χ1) is 16.4. The van der Waals surface area contributed by atoms with Crippen molar-refractivity contribution >= 4 is 6.08 Å². The van der Waals surface area contributed by atoms with E-state index >= 15 is 8.78 Å². The molecule has 1 fully saturated rings. The average Bonchev–Trinajstić information content (AvgIpc) is 2.85. The van der Waals surface area contributed by atoms with Crippen molar-refractivity contribution in [2.24, 2.45) is 11.8 Å². The van der Waals surface area contributed by atoms with Crippen LogP contribution in [0.1, 0.15) is 75.8 Å². The molecule has 2 aliphatic rings. The zero-order valence-electron chi connectivity index (χ0n) is 19.9. The maximum atomic E-state index is 15.0. The normalized spacial score (nSPS) is 23.5. The van der Waals surface area contributed by atoms with E-state index < -0.39 is 29.2 Å². The van der Waals surface area contributed by atoms with Crippen LogP contribution in [-0.2, 0) is 0 Å². The van der Waals surface area contributed by atoms with Crippen LogP contribution in [0.25, 0.3) is 17.2 Å². The molecule has 0 spiro atoms. The number of benzene rings is 2. The molecule has 0 aliphatic heterocycles. The van der Waals surface area contributed by atoms with Gasteiger partial charge in [-0.2, -0.15) is 0 Å². The van der Waals surface area contributed by atoms with E-state index in [1.807, 2.05) is 0 Å². The summed E-state index contributed by atoms with van der Waals surface area (Å²) in [5.74, 6) is -2.71. The Morgan fingerprint density at radius 2 is 1.56 bits per heavy atom. The fourth-order valence-corrected chi connectivity index (χ4v) is 5.23. The van der Waals surface area contributed by atoms with Crippen molar-refractivity contribution in [1.29, 1.82) is 0 Å². The number of halogens is 4. The van der Waals surface area contributed by atoms with E-state index in [0.29, 0.717) is 23.5 Å². The third-order valence-corrected chi connectivity index (χ3v) is 7.36. The maximum absolute atomic E-state index is 15.0. The van der Waals surface area contributed by atoms with Crippen LogP contribution in [0.15, 0.2) is 65.8 Å². The first kappa shape index (κ1) is 24.5. The van der Waals surface area contributed by atoms with Crippen LogP contribution in [0.2, 0.25) is 0 Å². The largest absolute Gasteiger partial charge is 0.208 e. The molecule has 4 rings (SSSR count). The van der Waals surface area contributed by atoms with Crippen LogP contribution in [0.4, 0.5) is 17.6 Å². The van der Waals surface area contributed by atoms with Gasteiger partial charge in [-0.1, -0.05) is 81.3 Å². The van der Waals surface area contributed by atoms with Crippen molar-refractivity contribution in [3.8, 4) is 11.1 Å². The lowest BCUT2D eigenvalue weighted by atomic mass is 9.77. The van der Waals surface area contributed by atoms with Gasteiger partial charge in [-0.15, -0.1) is 0 Å². The lowest BCUT2D eigenvalue weighted by Crippen LogP contribution is -2.14. The molecule has 0 amide bonds. The smallest absolute Gasteiger partial charge is 0.166 e. The lowest BCUT2D eigenvalue weighted by molar-refractivity contribution is 0.303. The fraction of sp³-hybridized carbons (Fsp3) is 0.400. The Labute approximate surface area is 200 Å². The van der Waals surface area contributed by atoms with Crippen molar-refractivity contribution in [3.05, 3.63) is 88.5 Å². The van der Waals surface area contributed by atoms with Gasteiger partial charge in [0.1, 0.15) is 5.83 Å². The molecule has 0 nitrogen and oxygen atoms in total. The van der Waals surface area contributed by atoms with Crippen LogP contribution >= 0.6 is 0 Å². The lowest BCUT2D eigenvalue weighted by Gasteiger charge is -2.29. The van der Waals surface area contributed by atoms with Gasteiger partial charge in [0.25, 0.3) is 0 Å². The third-order valence-electron chi connectivity index (χ3n) is 7.36. The summed E-state index contributed by atoms with van der Waals surface area (Å²) < 4.78 is 57.9. The van der Waals surface area contributed by atoms with Crippen LogP contribution in [-0.4, -0.2) is 0 Å². The molecule has 0 bridgehead atoms. The summed E-state index contributed by atoms with van der Waals surface area (Å²) in [5.41, 5.74) is 2.30. The Kier molecular flexibility index (Phi) is 7.75. The number of hydrogen-bond acceptors (Lipinski definition) is 0. The topological polar surface area (TPSA) is 0 Å². The van der Waals surface area contributed by atoms with Crippen molar-refractivity contribution in [2.75, 3.05) is 0 Å². The van der Waals surface area contributed by atoms with E-state index in [1.54, 1.807) is 61.5 Å². The number of allylic oxidation sites excluding steroid dienone is 5. The molecule has 2 aromatic rings. The maximum Gasteiger partial charge on any atom is 0.166 e. The summed E-state index contributed by atoms with van der Waals surface area (Å²) in [4.78, 5) is 0. The second-order valence-electron chi connectivity index (χ2n) is 9.75. The highest BCUT2D eigenvalue weighted by atomic mass is 19.2. The van der Waals surface area contributed by atoms with E-state index in [4.69, 9.17) is 0 Å². The third kappa shape index (κ3) is 5.21. The predicted octanol–water partition coefficient (Wildman–Crippen LogP) is 9.84. The van der Waals surface area contributed by atoms with Gasteiger partial charge in [-0.3, -0.25) is 0 Å². The van der Waals surface area contributed by atoms with Crippen molar-refractivity contribution < 1.29 is 17.6 Å². The molecular weight excluding hydrogens is 436 g/mol. The van der Waals surface area contributed by atoms with Gasteiger partial charge in [-0.25, -0.2) is 17.6 Å². The van der Waals surface area contributed by atoms with Gasteiger partial charge in [0.15, 0.2) is 17.5 Å². The van der Waals surface area contributed by atoms with Gasteiger partial charge >= 0.3 is 0 Å². The molecule has 2 aromatic carbocycles. The van der Waals surface area contributed by atoms with E-state index in [9.17, 15) is 8.78 Å². The van der Waals surface area contributed by atoms with Gasteiger partial charge in [0.05, 0.1) is 0 Å². The summed E-state index contributed by atoms with van der Waals surface area (Å²) in [6, 6.07) is 10.4. The second kappa shape index (κ2) is 10.8. The average molecular weight is 469 g/mol. The Bertz CT molecular complexity index is 1100. The Balaban J connectivity index is 1.47. The Hall–Kier alpha value is -2.62. The van der Waals surface area contributed by atoms with E-state index in [-0.39, 0.29) is 17.1 Å². The zero-order valence-corrected chi connectivity index (χ0v) is 19.9. The van der Waals surface area contributed by atoms with Crippen LogP contribution < -0.4 is 0 Å². The first-order valence-corrected chi connectivity index (χ1v) is 12.4. The highest BCUT2D eigenvalue weighted by molar-refractivity contribution is 5.67. The summed E-state index contributed by atoms with van der Waals surface area (Å²) >= 11 is 0. The molecule has 0 saturated heterocycles. The Morgan fingerprint density at radius 1 is 0.853 bits per heavy atom. The molecule has 0 aromatic heterocycles. The van der Waals surface area contributed by atoms with E-state index in [1.165, 1.54) is 12.8 Å². The van der Waals surface area contributed by atoms with Gasteiger partial charge < -0.3 is 0 Å².